The summed E-state index contributed by atoms with van der Waals surface area (Å²) in [4.78, 5) is 25.0. The maximum absolute atomic E-state index is 12.7. The molecular weight excluding hydrogens is 448 g/mol. The Bertz CT molecular complexity index is 1760. The van der Waals surface area contributed by atoms with Crippen LogP contribution in [0.15, 0.2) is 67.2 Å². The van der Waals surface area contributed by atoms with E-state index in [1.165, 1.54) is 6.07 Å². The van der Waals surface area contributed by atoms with Crippen LogP contribution in [-0.4, -0.2) is 30.6 Å². The van der Waals surface area contributed by atoms with Gasteiger partial charge in [-0.3, -0.25) is 9.59 Å². The maximum atomic E-state index is 12.7. The van der Waals surface area contributed by atoms with Crippen LogP contribution in [0.2, 0.25) is 0 Å². The molecule has 5 rings (SSSR count). The molecule has 2 aromatic heterocycles. The van der Waals surface area contributed by atoms with Crippen LogP contribution >= 0.6 is 0 Å². The second-order valence-corrected chi connectivity index (χ2v) is 7.45. The first kappa shape index (κ1) is 20.8. The van der Waals surface area contributed by atoms with Gasteiger partial charge in [-0.05, 0) is 12.1 Å². The Morgan fingerprint density at radius 3 is 2.15 bits per heavy atom. The molecule has 3 aromatic carbocycles. The highest BCUT2D eigenvalue weighted by Crippen LogP contribution is 2.51. The van der Waals surface area contributed by atoms with Crippen molar-refractivity contribution in [3.8, 4) is 56.9 Å². The van der Waals surface area contributed by atoms with Crippen molar-refractivity contribution < 1.29 is 39.5 Å². The van der Waals surface area contributed by atoms with Gasteiger partial charge in [0.1, 0.15) is 50.7 Å². The molecule has 0 fully saturated rings. The van der Waals surface area contributed by atoms with Crippen LogP contribution in [0.5, 0.6) is 34.5 Å². The summed E-state index contributed by atoms with van der Waals surface area (Å²) >= 11 is 0. The standard InChI is InChI=1S/C24H14O10/c25-9-5-13(28)20-14(29)7-16(34-18(20)6-9)10-1-2-12(27)23(31)19(10)22-15(30)8-17-21(24(22)32)11(26)3-4-33-17/h1-8,25,27-28,30-32H. The highest BCUT2D eigenvalue weighted by Gasteiger charge is 2.26. The lowest BCUT2D eigenvalue weighted by atomic mass is 9.93. The molecule has 0 radical (unpaired) electrons. The molecule has 0 aliphatic carbocycles. The Hall–Kier alpha value is -5.12. The van der Waals surface area contributed by atoms with Gasteiger partial charge in [0, 0.05) is 41.5 Å². The maximum Gasteiger partial charge on any atom is 0.197 e. The number of benzene rings is 3. The molecule has 6 N–H and O–H groups in total. The first-order valence-corrected chi connectivity index (χ1v) is 9.69. The molecular formula is C24H14O10. The monoisotopic (exact) mass is 462 g/mol. The van der Waals surface area contributed by atoms with Crippen molar-refractivity contribution in [3.63, 3.8) is 0 Å². The van der Waals surface area contributed by atoms with E-state index in [1.54, 1.807) is 0 Å². The zero-order valence-corrected chi connectivity index (χ0v) is 16.9. The van der Waals surface area contributed by atoms with Crippen LogP contribution in [-0.2, 0) is 0 Å². The third-order valence-electron chi connectivity index (χ3n) is 5.37. The molecule has 0 atom stereocenters. The smallest absolute Gasteiger partial charge is 0.197 e. The Balaban J connectivity index is 1.90. The lowest BCUT2D eigenvalue weighted by Gasteiger charge is -2.16. The summed E-state index contributed by atoms with van der Waals surface area (Å²) < 4.78 is 10.8. The van der Waals surface area contributed by atoms with Crippen molar-refractivity contribution in [2.24, 2.45) is 0 Å². The van der Waals surface area contributed by atoms with Gasteiger partial charge in [-0.2, -0.15) is 0 Å². The third-order valence-corrected chi connectivity index (χ3v) is 5.37. The van der Waals surface area contributed by atoms with E-state index in [9.17, 15) is 40.2 Å². The van der Waals surface area contributed by atoms with Gasteiger partial charge in [0.15, 0.2) is 22.4 Å². The lowest BCUT2D eigenvalue weighted by Crippen LogP contribution is -2.02. The predicted molar refractivity (Wildman–Crippen MR) is 119 cm³/mol. The van der Waals surface area contributed by atoms with E-state index in [-0.39, 0.29) is 44.6 Å². The summed E-state index contributed by atoms with van der Waals surface area (Å²) in [7, 11) is 0. The number of aromatic hydroxyl groups is 6. The zero-order valence-electron chi connectivity index (χ0n) is 16.9. The number of phenols is 6. The Kier molecular flexibility index (Phi) is 4.40. The molecule has 0 aliphatic rings. The summed E-state index contributed by atoms with van der Waals surface area (Å²) in [5.74, 6) is -3.87. The molecule has 0 aliphatic heterocycles. The van der Waals surface area contributed by atoms with Gasteiger partial charge >= 0.3 is 0 Å². The van der Waals surface area contributed by atoms with Crippen molar-refractivity contribution in [2.75, 3.05) is 0 Å². The van der Waals surface area contributed by atoms with Gasteiger partial charge < -0.3 is 39.5 Å². The number of hydrogen-bond donors (Lipinski definition) is 6. The van der Waals surface area contributed by atoms with E-state index in [4.69, 9.17) is 8.83 Å². The fraction of sp³-hybridized carbons (Fsp3) is 0. The molecule has 10 heteroatoms. The van der Waals surface area contributed by atoms with Crippen molar-refractivity contribution in [2.45, 2.75) is 0 Å². The van der Waals surface area contributed by atoms with Crippen LogP contribution in [0.1, 0.15) is 0 Å². The van der Waals surface area contributed by atoms with E-state index in [0.29, 0.717) is 0 Å². The van der Waals surface area contributed by atoms with Crippen molar-refractivity contribution in [3.05, 3.63) is 69.2 Å². The molecule has 0 spiro atoms. The second-order valence-electron chi connectivity index (χ2n) is 7.45. The van der Waals surface area contributed by atoms with Gasteiger partial charge in [-0.25, -0.2) is 0 Å². The summed E-state index contributed by atoms with van der Waals surface area (Å²) in [6, 6.07) is 7.47. The number of rotatable bonds is 2. The molecule has 0 saturated carbocycles. The van der Waals surface area contributed by atoms with E-state index >= 15 is 0 Å². The SMILES string of the molecule is O=c1cc(-c2ccc(O)c(O)c2-c2c(O)cc3occc(=O)c3c2O)oc2cc(O)cc(O)c12. The van der Waals surface area contributed by atoms with Crippen LogP contribution < -0.4 is 10.9 Å². The van der Waals surface area contributed by atoms with Gasteiger partial charge in [0.25, 0.3) is 0 Å². The third kappa shape index (κ3) is 2.97. The fourth-order valence-corrected chi connectivity index (χ4v) is 3.89. The topological polar surface area (TPSA) is 182 Å². The van der Waals surface area contributed by atoms with E-state index < -0.39 is 45.2 Å². The number of phenolic OH excluding ortho intramolecular Hbond substituents is 6. The van der Waals surface area contributed by atoms with Crippen molar-refractivity contribution in [1.82, 2.24) is 0 Å². The largest absolute Gasteiger partial charge is 0.508 e. The Morgan fingerprint density at radius 2 is 1.38 bits per heavy atom. The Morgan fingerprint density at radius 1 is 0.618 bits per heavy atom. The molecule has 170 valence electrons. The average Bonchev–Trinajstić information content (AvgIpc) is 2.75. The highest BCUT2D eigenvalue weighted by molar-refractivity contribution is 6.01. The van der Waals surface area contributed by atoms with Crippen LogP contribution in [0.3, 0.4) is 0 Å². The minimum atomic E-state index is -0.788. The molecule has 0 bridgehead atoms. The summed E-state index contributed by atoms with van der Waals surface area (Å²) in [6.45, 7) is 0. The quantitative estimate of drug-likeness (QED) is 0.212. The summed E-state index contributed by atoms with van der Waals surface area (Å²) in [5.41, 5.74) is -2.50. The molecule has 5 aromatic rings. The average molecular weight is 462 g/mol. The minimum absolute atomic E-state index is 0.0672. The van der Waals surface area contributed by atoms with E-state index in [0.717, 1.165) is 42.7 Å². The fourth-order valence-electron chi connectivity index (χ4n) is 3.89. The normalized spacial score (nSPS) is 11.3. The molecule has 10 nitrogen and oxygen atoms in total. The lowest BCUT2D eigenvalue weighted by molar-refractivity contribution is 0.404. The van der Waals surface area contributed by atoms with Gasteiger partial charge in [-0.1, -0.05) is 0 Å². The number of fused-ring (bicyclic) bond motifs is 2. The molecule has 34 heavy (non-hydrogen) atoms. The van der Waals surface area contributed by atoms with E-state index in [2.05, 4.69) is 0 Å². The first-order chi connectivity index (χ1) is 16.2. The minimum Gasteiger partial charge on any atom is -0.508 e. The van der Waals surface area contributed by atoms with Crippen molar-refractivity contribution >= 4 is 21.9 Å². The molecule has 2 heterocycles. The van der Waals surface area contributed by atoms with Crippen LogP contribution in [0.4, 0.5) is 0 Å². The highest BCUT2D eigenvalue weighted by atomic mass is 16.3. The predicted octanol–water partition coefficient (Wildman–Crippen LogP) is 3.47. The summed E-state index contributed by atoms with van der Waals surface area (Å²) in [5, 5.41) is 61.6. The molecule has 0 amide bonds. The second kappa shape index (κ2) is 7.20. The number of hydrogen-bond acceptors (Lipinski definition) is 10. The van der Waals surface area contributed by atoms with Crippen LogP contribution in [0.25, 0.3) is 44.4 Å². The van der Waals surface area contributed by atoms with E-state index in [1.807, 2.05) is 0 Å². The van der Waals surface area contributed by atoms with Gasteiger partial charge in [0.05, 0.1) is 11.8 Å². The molecule has 0 unspecified atom stereocenters. The molecule has 0 saturated heterocycles. The zero-order chi connectivity index (χ0) is 24.3. The Labute approximate surface area is 188 Å². The first-order valence-electron chi connectivity index (χ1n) is 9.69. The summed E-state index contributed by atoms with van der Waals surface area (Å²) in [6.07, 6.45) is 1.08. The van der Waals surface area contributed by atoms with Gasteiger partial charge in [0.2, 0.25) is 0 Å². The van der Waals surface area contributed by atoms with Crippen LogP contribution in [0, 0.1) is 0 Å². The van der Waals surface area contributed by atoms with Gasteiger partial charge in [-0.15, -0.1) is 0 Å². The van der Waals surface area contributed by atoms with Crippen molar-refractivity contribution in [1.29, 1.82) is 0 Å².